The molecular formula is C17H17N5O4S. The van der Waals surface area contributed by atoms with Gasteiger partial charge in [0.2, 0.25) is 27.8 Å². The van der Waals surface area contributed by atoms with Crippen molar-refractivity contribution >= 4 is 33.5 Å². The summed E-state index contributed by atoms with van der Waals surface area (Å²) in [7, 11) is -3.74. The molecule has 1 aromatic heterocycles. The standard InChI is InChI=1S/C17H17N5O4S/c18-17-19-9-11-7-8-21(10-14(11)20-17)27(25,26)13-3-1-12(2-4-13)22-15(23)5-6-16(22)24/h1-4,9H,5-8,10H2,(H2,18,19,20). The fourth-order valence-corrected chi connectivity index (χ4v) is 4.68. The van der Waals surface area contributed by atoms with E-state index in [0.717, 1.165) is 10.5 Å². The minimum Gasteiger partial charge on any atom is -0.368 e. The highest BCUT2D eigenvalue weighted by Gasteiger charge is 2.32. The molecule has 2 N–H and O–H groups in total. The summed E-state index contributed by atoms with van der Waals surface area (Å²) in [5.41, 5.74) is 7.46. The van der Waals surface area contributed by atoms with Crippen LogP contribution in [-0.2, 0) is 32.6 Å². The van der Waals surface area contributed by atoms with E-state index in [1.807, 2.05) is 0 Å². The highest BCUT2D eigenvalue weighted by molar-refractivity contribution is 7.89. The van der Waals surface area contributed by atoms with Crippen LogP contribution in [0.15, 0.2) is 35.4 Å². The Morgan fingerprint density at radius 3 is 2.33 bits per heavy atom. The van der Waals surface area contributed by atoms with Gasteiger partial charge in [-0.3, -0.25) is 14.5 Å². The number of carbonyl (C=O) groups is 2. The van der Waals surface area contributed by atoms with E-state index in [1.165, 1.54) is 28.6 Å². The Bertz CT molecular complexity index is 1020. The summed E-state index contributed by atoms with van der Waals surface area (Å²) in [4.78, 5) is 32.9. The number of hydrogen-bond acceptors (Lipinski definition) is 7. The molecule has 4 rings (SSSR count). The van der Waals surface area contributed by atoms with Crippen molar-refractivity contribution < 1.29 is 18.0 Å². The average Bonchev–Trinajstić information content (AvgIpc) is 2.99. The van der Waals surface area contributed by atoms with Crippen LogP contribution in [0.1, 0.15) is 24.1 Å². The Labute approximate surface area is 155 Å². The van der Waals surface area contributed by atoms with Crippen molar-refractivity contribution in [2.24, 2.45) is 0 Å². The Morgan fingerprint density at radius 1 is 1.00 bits per heavy atom. The molecule has 0 spiro atoms. The monoisotopic (exact) mass is 387 g/mol. The summed E-state index contributed by atoms with van der Waals surface area (Å²) in [5, 5.41) is 0. The lowest BCUT2D eigenvalue weighted by Crippen LogP contribution is -2.36. The maximum atomic E-state index is 12.9. The van der Waals surface area contributed by atoms with Gasteiger partial charge in [0.15, 0.2) is 0 Å². The third-order valence-electron chi connectivity index (χ3n) is 4.71. The Hall–Kier alpha value is -2.85. The molecule has 0 bridgehead atoms. The summed E-state index contributed by atoms with van der Waals surface area (Å²) in [5.74, 6) is -0.446. The summed E-state index contributed by atoms with van der Waals surface area (Å²) in [6.45, 7) is 0.433. The number of nitrogens with two attached hydrogens (primary N) is 1. The van der Waals surface area contributed by atoms with Gasteiger partial charge in [0.05, 0.1) is 22.8 Å². The molecule has 1 saturated heterocycles. The molecule has 2 aliphatic rings. The van der Waals surface area contributed by atoms with Crippen LogP contribution in [0.5, 0.6) is 0 Å². The SMILES string of the molecule is Nc1ncc2c(n1)CN(S(=O)(=O)c1ccc(N3C(=O)CCC3=O)cc1)CC2. The van der Waals surface area contributed by atoms with Gasteiger partial charge in [0.1, 0.15) is 0 Å². The van der Waals surface area contributed by atoms with Gasteiger partial charge in [-0.2, -0.15) is 4.31 Å². The van der Waals surface area contributed by atoms with E-state index >= 15 is 0 Å². The third-order valence-corrected chi connectivity index (χ3v) is 6.57. The minimum atomic E-state index is -3.74. The van der Waals surface area contributed by atoms with Crippen molar-refractivity contribution in [3.05, 3.63) is 41.7 Å². The quantitative estimate of drug-likeness (QED) is 0.758. The molecule has 27 heavy (non-hydrogen) atoms. The first-order valence-corrected chi connectivity index (χ1v) is 9.86. The number of anilines is 2. The summed E-state index contributed by atoms with van der Waals surface area (Å²) >= 11 is 0. The smallest absolute Gasteiger partial charge is 0.243 e. The Kier molecular flexibility index (Phi) is 4.16. The Balaban J connectivity index is 1.59. The van der Waals surface area contributed by atoms with E-state index in [2.05, 4.69) is 9.97 Å². The largest absolute Gasteiger partial charge is 0.368 e. The molecular weight excluding hydrogens is 370 g/mol. The number of fused-ring (bicyclic) bond motifs is 1. The van der Waals surface area contributed by atoms with E-state index in [1.54, 1.807) is 6.20 Å². The molecule has 10 heteroatoms. The van der Waals surface area contributed by atoms with Gasteiger partial charge in [-0.1, -0.05) is 0 Å². The number of imide groups is 1. The lowest BCUT2D eigenvalue weighted by Gasteiger charge is -2.27. The number of nitrogen functional groups attached to an aromatic ring is 1. The number of amides is 2. The van der Waals surface area contributed by atoms with Gasteiger partial charge in [0, 0.05) is 25.6 Å². The van der Waals surface area contributed by atoms with Crippen LogP contribution in [0.4, 0.5) is 11.6 Å². The van der Waals surface area contributed by atoms with Crippen LogP contribution in [0.25, 0.3) is 0 Å². The van der Waals surface area contributed by atoms with Gasteiger partial charge in [-0.25, -0.2) is 18.4 Å². The second-order valence-electron chi connectivity index (χ2n) is 6.41. The van der Waals surface area contributed by atoms with Crippen LogP contribution in [-0.4, -0.2) is 41.1 Å². The lowest BCUT2D eigenvalue weighted by molar-refractivity contribution is -0.121. The minimum absolute atomic E-state index is 0.0934. The van der Waals surface area contributed by atoms with Crippen molar-refractivity contribution in [1.29, 1.82) is 0 Å². The lowest BCUT2D eigenvalue weighted by atomic mass is 10.1. The molecule has 1 aromatic carbocycles. The molecule has 140 valence electrons. The molecule has 0 radical (unpaired) electrons. The Morgan fingerprint density at radius 2 is 1.67 bits per heavy atom. The predicted molar refractivity (Wildman–Crippen MR) is 95.9 cm³/mol. The number of hydrogen-bond donors (Lipinski definition) is 1. The van der Waals surface area contributed by atoms with Crippen LogP contribution < -0.4 is 10.6 Å². The first-order chi connectivity index (χ1) is 12.9. The second-order valence-corrected chi connectivity index (χ2v) is 8.34. The zero-order valence-electron chi connectivity index (χ0n) is 14.3. The van der Waals surface area contributed by atoms with Crippen molar-refractivity contribution in [1.82, 2.24) is 14.3 Å². The molecule has 0 aliphatic carbocycles. The first kappa shape index (κ1) is 17.6. The van der Waals surface area contributed by atoms with Gasteiger partial charge >= 0.3 is 0 Å². The number of aromatic nitrogens is 2. The molecule has 2 amide bonds. The molecule has 0 unspecified atom stereocenters. The van der Waals surface area contributed by atoms with Crippen molar-refractivity contribution in [2.75, 3.05) is 17.2 Å². The number of benzene rings is 1. The van der Waals surface area contributed by atoms with Crippen LogP contribution in [0, 0.1) is 0 Å². The highest BCUT2D eigenvalue weighted by atomic mass is 32.2. The van der Waals surface area contributed by atoms with Crippen molar-refractivity contribution in [2.45, 2.75) is 30.7 Å². The van der Waals surface area contributed by atoms with Gasteiger partial charge in [0.25, 0.3) is 0 Å². The zero-order chi connectivity index (χ0) is 19.2. The fraction of sp³-hybridized carbons (Fsp3) is 0.294. The highest BCUT2D eigenvalue weighted by Crippen LogP contribution is 2.27. The summed E-state index contributed by atoms with van der Waals surface area (Å²) < 4.78 is 27.2. The maximum absolute atomic E-state index is 12.9. The van der Waals surface area contributed by atoms with E-state index in [9.17, 15) is 18.0 Å². The number of carbonyl (C=O) groups excluding carboxylic acids is 2. The van der Waals surface area contributed by atoms with E-state index in [0.29, 0.717) is 24.3 Å². The number of rotatable bonds is 3. The molecule has 2 aliphatic heterocycles. The molecule has 0 saturated carbocycles. The fourth-order valence-electron chi connectivity index (χ4n) is 3.28. The van der Waals surface area contributed by atoms with Crippen molar-refractivity contribution in [3.63, 3.8) is 0 Å². The average molecular weight is 387 g/mol. The predicted octanol–water partition coefficient (Wildman–Crippen LogP) is 0.459. The van der Waals surface area contributed by atoms with E-state index < -0.39 is 10.0 Å². The van der Waals surface area contributed by atoms with Crippen LogP contribution >= 0.6 is 0 Å². The second kappa shape index (κ2) is 6.39. The zero-order valence-corrected chi connectivity index (χ0v) is 15.1. The molecule has 9 nitrogen and oxygen atoms in total. The summed E-state index contributed by atoms with van der Waals surface area (Å²) in [6, 6.07) is 5.78. The van der Waals surface area contributed by atoms with Crippen LogP contribution in [0.2, 0.25) is 0 Å². The number of sulfonamides is 1. The van der Waals surface area contributed by atoms with E-state index in [-0.39, 0.29) is 42.0 Å². The maximum Gasteiger partial charge on any atom is 0.243 e. The van der Waals surface area contributed by atoms with Gasteiger partial charge < -0.3 is 5.73 Å². The number of nitrogens with zero attached hydrogens (tertiary/aromatic N) is 4. The molecule has 1 fully saturated rings. The molecule has 2 aromatic rings. The third kappa shape index (κ3) is 3.06. The van der Waals surface area contributed by atoms with Gasteiger partial charge in [-0.05, 0) is 36.2 Å². The van der Waals surface area contributed by atoms with Gasteiger partial charge in [-0.15, -0.1) is 0 Å². The first-order valence-electron chi connectivity index (χ1n) is 8.42. The van der Waals surface area contributed by atoms with Crippen LogP contribution in [0.3, 0.4) is 0 Å². The molecule has 0 atom stereocenters. The van der Waals surface area contributed by atoms with Crippen molar-refractivity contribution in [3.8, 4) is 0 Å². The molecule has 3 heterocycles. The topological polar surface area (TPSA) is 127 Å². The van der Waals surface area contributed by atoms with E-state index in [4.69, 9.17) is 5.73 Å². The normalized spacial score (nSPS) is 18.0. The summed E-state index contributed by atoms with van der Waals surface area (Å²) in [6.07, 6.45) is 2.48.